The third-order valence-electron chi connectivity index (χ3n) is 1.47. The molecule has 0 aliphatic heterocycles. The molecule has 1 amide bonds. The Labute approximate surface area is 87.4 Å². The number of likely N-dealkylation sites (N-methyl/N-ethyl adjacent to an activating group) is 1. The third-order valence-corrected chi connectivity index (χ3v) is 1.47. The van der Waals surface area contributed by atoms with Crippen LogP contribution in [0.2, 0.25) is 0 Å². The number of unbranched alkanes of at least 4 members (excludes halogenated alkanes) is 1. The summed E-state index contributed by atoms with van der Waals surface area (Å²) in [6.45, 7) is 5.87. The topological polar surface area (TPSA) is 50.4 Å². The molecule has 14 heavy (non-hydrogen) atoms. The number of amides is 1. The lowest BCUT2D eigenvalue weighted by Gasteiger charge is -2.02. The molecule has 86 valence electrons. The monoisotopic (exact) mass is 204 g/mol. The highest BCUT2D eigenvalue weighted by atomic mass is 16.5. The zero-order chi connectivity index (χ0) is 11.2. The van der Waals surface area contributed by atoms with Gasteiger partial charge in [0, 0.05) is 13.7 Å². The predicted octanol–water partition coefficient (Wildman–Crippen LogP) is 0.775. The van der Waals surface area contributed by atoms with Gasteiger partial charge in [-0.05, 0) is 7.05 Å². The van der Waals surface area contributed by atoms with E-state index in [0.29, 0.717) is 19.7 Å². The van der Waals surface area contributed by atoms with Crippen LogP contribution >= 0.6 is 0 Å². The minimum Gasteiger partial charge on any atom is -0.383 e. The number of nitrogens with one attached hydrogen (secondary N) is 2. The van der Waals surface area contributed by atoms with E-state index in [9.17, 15) is 4.79 Å². The van der Waals surface area contributed by atoms with Crippen molar-refractivity contribution in [2.75, 3.05) is 33.9 Å². The van der Waals surface area contributed by atoms with Crippen LogP contribution in [0, 0.1) is 0 Å². The second kappa shape index (κ2) is 14.9. The molecule has 0 radical (unpaired) electrons. The maximum atomic E-state index is 10.7. The van der Waals surface area contributed by atoms with Gasteiger partial charge < -0.3 is 15.4 Å². The van der Waals surface area contributed by atoms with E-state index in [1.807, 2.05) is 0 Å². The van der Waals surface area contributed by atoms with Crippen LogP contribution < -0.4 is 10.6 Å². The third kappa shape index (κ3) is 17.5. The van der Waals surface area contributed by atoms with Gasteiger partial charge in [0.2, 0.25) is 5.91 Å². The largest absolute Gasteiger partial charge is 0.383 e. The molecule has 0 aromatic rings. The molecule has 4 nitrogen and oxygen atoms in total. The fourth-order valence-electron chi connectivity index (χ4n) is 0.516. The SMILES string of the molecule is CCCC.CNCC(=O)NCCOC. The summed E-state index contributed by atoms with van der Waals surface area (Å²) in [5, 5.41) is 5.40. The van der Waals surface area contributed by atoms with Gasteiger partial charge in [-0.3, -0.25) is 4.79 Å². The second-order valence-electron chi connectivity index (χ2n) is 2.87. The average Bonchev–Trinajstić information content (AvgIpc) is 2.19. The van der Waals surface area contributed by atoms with Crippen molar-refractivity contribution in [3.63, 3.8) is 0 Å². The van der Waals surface area contributed by atoms with E-state index in [2.05, 4.69) is 24.5 Å². The van der Waals surface area contributed by atoms with Crippen molar-refractivity contribution in [2.24, 2.45) is 0 Å². The van der Waals surface area contributed by atoms with Crippen LogP contribution in [-0.4, -0.2) is 39.8 Å². The van der Waals surface area contributed by atoms with Crippen molar-refractivity contribution in [3.8, 4) is 0 Å². The van der Waals surface area contributed by atoms with Crippen LogP contribution in [0.15, 0.2) is 0 Å². The normalized spacial score (nSPS) is 8.86. The minimum absolute atomic E-state index is 0.000417. The van der Waals surface area contributed by atoms with Crippen molar-refractivity contribution in [3.05, 3.63) is 0 Å². The predicted molar refractivity (Wildman–Crippen MR) is 59.4 cm³/mol. The first-order valence-corrected chi connectivity index (χ1v) is 5.13. The molecule has 2 N–H and O–H groups in total. The van der Waals surface area contributed by atoms with Crippen molar-refractivity contribution < 1.29 is 9.53 Å². The summed E-state index contributed by atoms with van der Waals surface area (Å²) in [7, 11) is 3.33. The van der Waals surface area contributed by atoms with Crippen LogP contribution in [-0.2, 0) is 9.53 Å². The van der Waals surface area contributed by atoms with Gasteiger partial charge in [-0.1, -0.05) is 26.7 Å². The lowest BCUT2D eigenvalue weighted by Crippen LogP contribution is -2.34. The molecule has 0 heterocycles. The number of carbonyl (C=O) groups is 1. The summed E-state index contributed by atoms with van der Waals surface area (Å²) in [6, 6.07) is 0. The van der Waals surface area contributed by atoms with Crippen LogP contribution in [0.25, 0.3) is 0 Å². The highest BCUT2D eigenvalue weighted by molar-refractivity contribution is 5.77. The Bertz CT molecular complexity index is 117. The zero-order valence-electron chi connectivity index (χ0n) is 9.85. The maximum Gasteiger partial charge on any atom is 0.234 e. The first-order chi connectivity index (χ1) is 6.72. The Hall–Kier alpha value is -0.610. The van der Waals surface area contributed by atoms with Crippen LogP contribution in [0.3, 0.4) is 0 Å². The minimum atomic E-state index is -0.000417. The van der Waals surface area contributed by atoms with Crippen molar-refractivity contribution in [1.29, 1.82) is 0 Å². The summed E-state index contributed by atoms with van der Waals surface area (Å²) in [5.74, 6) is -0.000417. The first-order valence-electron chi connectivity index (χ1n) is 5.13. The standard InChI is InChI=1S/C6H14N2O2.C4H10/c1-7-5-6(9)8-3-4-10-2;1-3-4-2/h7H,3-5H2,1-2H3,(H,8,9);3-4H2,1-2H3. The van der Waals surface area contributed by atoms with E-state index in [1.54, 1.807) is 14.2 Å². The Balaban J connectivity index is 0. The second-order valence-corrected chi connectivity index (χ2v) is 2.87. The molecular formula is C10H24N2O2. The van der Waals surface area contributed by atoms with Gasteiger partial charge in [0.25, 0.3) is 0 Å². The quantitative estimate of drug-likeness (QED) is 0.628. The van der Waals surface area contributed by atoms with Gasteiger partial charge in [0.1, 0.15) is 0 Å². The van der Waals surface area contributed by atoms with Gasteiger partial charge >= 0.3 is 0 Å². The molecule has 0 aromatic heterocycles. The maximum absolute atomic E-state index is 10.7. The molecule has 0 saturated carbocycles. The lowest BCUT2D eigenvalue weighted by atomic mass is 10.4. The molecule has 0 saturated heterocycles. The van der Waals surface area contributed by atoms with Crippen LogP contribution in [0.1, 0.15) is 26.7 Å². The highest BCUT2D eigenvalue weighted by Crippen LogP contribution is 1.76. The Morgan fingerprint density at radius 3 is 2.21 bits per heavy atom. The molecule has 0 fully saturated rings. The fourth-order valence-corrected chi connectivity index (χ4v) is 0.516. The molecule has 0 aliphatic carbocycles. The van der Waals surface area contributed by atoms with Gasteiger partial charge in [0.15, 0.2) is 0 Å². The van der Waals surface area contributed by atoms with E-state index in [0.717, 1.165) is 0 Å². The molecule has 0 aromatic carbocycles. The molecule has 4 heteroatoms. The van der Waals surface area contributed by atoms with Gasteiger partial charge in [-0.15, -0.1) is 0 Å². The van der Waals surface area contributed by atoms with E-state index in [4.69, 9.17) is 4.74 Å². The van der Waals surface area contributed by atoms with E-state index in [1.165, 1.54) is 12.8 Å². The van der Waals surface area contributed by atoms with Crippen molar-refractivity contribution in [1.82, 2.24) is 10.6 Å². The number of hydrogen-bond acceptors (Lipinski definition) is 3. The number of rotatable bonds is 6. The summed E-state index contributed by atoms with van der Waals surface area (Å²) < 4.78 is 4.74. The Morgan fingerprint density at radius 2 is 1.86 bits per heavy atom. The number of methoxy groups -OCH3 is 1. The van der Waals surface area contributed by atoms with Gasteiger partial charge in [-0.2, -0.15) is 0 Å². The number of ether oxygens (including phenoxy) is 1. The number of carbonyl (C=O) groups excluding carboxylic acids is 1. The average molecular weight is 204 g/mol. The van der Waals surface area contributed by atoms with E-state index in [-0.39, 0.29) is 5.91 Å². The molecule has 0 unspecified atom stereocenters. The lowest BCUT2D eigenvalue weighted by molar-refractivity contribution is -0.120. The number of hydrogen-bond donors (Lipinski definition) is 2. The molecule has 0 rings (SSSR count). The smallest absolute Gasteiger partial charge is 0.234 e. The Kier molecular flexibility index (Phi) is 16.9. The van der Waals surface area contributed by atoms with Crippen LogP contribution in [0.4, 0.5) is 0 Å². The first kappa shape index (κ1) is 15.8. The fraction of sp³-hybridized carbons (Fsp3) is 0.900. The van der Waals surface area contributed by atoms with Crippen LogP contribution in [0.5, 0.6) is 0 Å². The molecule has 0 bridgehead atoms. The van der Waals surface area contributed by atoms with Gasteiger partial charge in [-0.25, -0.2) is 0 Å². The zero-order valence-corrected chi connectivity index (χ0v) is 9.85. The van der Waals surface area contributed by atoms with Crippen molar-refractivity contribution >= 4 is 5.91 Å². The summed E-state index contributed by atoms with van der Waals surface area (Å²) in [5.41, 5.74) is 0. The molecule has 0 spiro atoms. The molecular weight excluding hydrogens is 180 g/mol. The summed E-state index contributed by atoms with van der Waals surface area (Å²) >= 11 is 0. The Morgan fingerprint density at radius 1 is 1.29 bits per heavy atom. The van der Waals surface area contributed by atoms with Crippen molar-refractivity contribution in [2.45, 2.75) is 26.7 Å². The summed E-state index contributed by atoms with van der Waals surface area (Å²) in [6.07, 6.45) is 2.64. The summed E-state index contributed by atoms with van der Waals surface area (Å²) in [4.78, 5) is 10.7. The molecule has 0 atom stereocenters. The highest BCUT2D eigenvalue weighted by Gasteiger charge is 1.94. The van der Waals surface area contributed by atoms with E-state index >= 15 is 0 Å². The van der Waals surface area contributed by atoms with E-state index < -0.39 is 0 Å². The molecule has 0 aliphatic rings. The van der Waals surface area contributed by atoms with Gasteiger partial charge in [0.05, 0.1) is 13.2 Å².